The molecule has 0 amide bonds. The number of rotatable bonds is 3. The van der Waals surface area contributed by atoms with Crippen molar-refractivity contribution in [2.45, 2.75) is 6.42 Å². The molecule has 15 heavy (non-hydrogen) atoms. The first kappa shape index (κ1) is 9.51. The number of hydrogen-bond acceptors (Lipinski definition) is 4. The van der Waals surface area contributed by atoms with Gasteiger partial charge in [-0.15, -0.1) is 0 Å². The van der Waals surface area contributed by atoms with E-state index in [4.69, 9.17) is 9.26 Å². The third-order valence-corrected chi connectivity index (χ3v) is 2.02. The Morgan fingerprint density at radius 3 is 2.93 bits per heavy atom. The number of aromatic nitrogens is 2. The number of benzene rings is 1. The van der Waals surface area contributed by atoms with Crippen LogP contribution in [0.1, 0.15) is 11.5 Å². The van der Waals surface area contributed by atoms with Crippen molar-refractivity contribution in [3.8, 4) is 5.75 Å². The predicted octanol–water partition coefficient (Wildman–Crippen LogP) is 0.962. The molecule has 1 aromatic carbocycles. The quantitative estimate of drug-likeness (QED) is 0.812. The van der Waals surface area contributed by atoms with E-state index in [2.05, 4.69) is 10.1 Å². The molecule has 2 rings (SSSR count). The summed E-state index contributed by atoms with van der Waals surface area (Å²) in [5.41, 5.74) is 0.454. The molecule has 1 heterocycles. The molecule has 1 N–H and O–H groups in total. The van der Waals surface area contributed by atoms with Crippen molar-refractivity contribution < 1.29 is 9.26 Å². The third kappa shape index (κ3) is 2.07. The monoisotopic (exact) mass is 206 g/mol. The van der Waals surface area contributed by atoms with E-state index < -0.39 is 5.69 Å². The van der Waals surface area contributed by atoms with Gasteiger partial charge in [0.2, 0.25) is 5.89 Å². The summed E-state index contributed by atoms with van der Waals surface area (Å²) in [4.78, 5) is 14.4. The van der Waals surface area contributed by atoms with Gasteiger partial charge in [-0.1, -0.05) is 18.2 Å². The molecule has 78 valence electrons. The molecule has 0 saturated carbocycles. The number of para-hydroxylation sites is 1. The minimum absolute atomic E-state index is 0.351. The fourth-order valence-corrected chi connectivity index (χ4v) is 1.35. The highest BCUT2D eigenvalue weighted by Crippen LogP contribution is 2.19. The maximum absolute atomic E-state index is 10.7. The highest BCUT2D eigenvalue weighted by Gasteiger charge is 2.07. The normalized spacial score (nSPS) is 10.2. The fraction of sp³-hybridized carbons (Fsp3) is 0.200. The molecule has 0 aliphatic heterocycles. The molecular weight excluding hydrogens is 196 g/mol. The van der Waals surface area contributed by atoms with Gasteiger partial charge in [0.15, 0.2) is 0 Å². The molecule has 5 heteroatoms. The lowest BCUT2D eigenvalue weighted by Crippen LogP contribution is -2.01. The number of H-pyrrole nitrogens is 1. The maximum Gasteiger partial charge on any atom is 0.377 e. The summed E-state index contributed by atoms with van der Waals surface area (Å²) in [7, 11) is 1.60. The van der Waals surface area contributed by atoms with Crippen molar-refractivity contribution in [1.82, 2.24) is 10.1 Å². The van der Waals surface area contributed by atoms with Crippen LogP contribution in [0.5, 0.6) is 5.75 Å². The van der Waals surface area contributed by atoms with Gasteiger partial charge in [-0.05, 0) is 6.07 Å². The number of methoxy groups -OCH3 is 1. The molecule has 1 aromatic heterocycles. The molecule has 0 aliphatic carbocycles. The molecule has 0 radical (unpaired) electrons. The second kappa shape index (κ2) is 4.00. The van der Waals surface area contributed by atoms with Crippen LogP contribution in [0.2, 0.25) is 0 Å². The average Bonchev–Trinajstić information content (AvgIpc) is 2.65. The molecule has 0 atom stereocenters. The largest absolute Gasteiger partial charge is 0.496 e. The van der Waals surface area contributed by atoms with E-state index in [0.717, 1.165) is 11.3 Å². The Kier molecular flexibility index (Phi) is 2.53. The van der Waals surface area contributed by atoms with Crippen LogP contribution in [0.4, 0.5) is 0 Å². The Labute approximate surface area is 85.7 Å². The van der Waals surface area contributed by atoms with Gasteiger partial charge < -0.3 is 9.26 Å². The molecule has 0 bridgehead atoms. The summed E-state index contributed by atoms with van der Waals surface area (Å²) in [5, 5.41) is 2.14. The number of hydrogen-bond donors (Lipinski definition) is 1. The Hall–Kier alpha value is -2.04. The zero-order valence-corrected chi connectivity index (χ0v) is 8.19. The summed E-state index contributed by atoms with van der Waals surface area (Å²) in [5.74, 6) is 1.10. The zero-order chi connectivity index (χ0) is 10.7. The topological polar surface area (TPSA) is 68.1 Å². The minimum atomic E-state index is -0.472. The minimum Gasteiger partial charge on any atom is -0.496 e. The maximum atomic E-state index is 10.7. The lowest BCUT2D eigenvalue weighted by Gasteiger charge is -2.04. The Morgan fingerprint density at radius 1 is 1.47 bits per heavy atom. The van der Waals surface area contributed by atoms with Crippen LogP contribution in [0.3, 0.4) is 0 Å². The van der Waals surface area contributed by atoms with Gasteiger partial charge >= 0.3 is 5.69 Å². The Morgan fingerprint density at radius 2 is 2.27 bits per heavy atom. The van der Waals surface area contributed by atoms with Gasteiger partial charge in [-0.3, -0.25) is 0 Å². The summed E-state index contributed by atoms with van der Waals surface area (Å²) >= 11 is 0. The number of aromatic amines is 1. The van der Waals surface area contributed by atoms with Crippen molar-refractivity contribution in [1.29, 1.82) is 0 Å². The first-order valence-electron chi connectivity index (χ1n) is 4.46. The molecule has 0 aliphatic rings. The number of nitrogens with one attached hydrogen (secondary N) is 1. The first-order valence-corrected chi connectivity index (χ1v) is 4.46. The molecule has 0 fully saturated rings. The van der Waals surface area contributed by atoms with Gasteiger partial charge in [0.25, 0.3) is 0 Å². The lowest BCUT2D eigenvalue weighted by molar-refractivity contribution is 0.375. The van der Waals surface area contributed by atoms with Crippen LogP contribution in [-0.2, 0) is 6.42 Å². The summed E-state index contributed by atoms with van der Waals surface area (Å²) in [6.07, 6.45) is 0.433. The molecular formula is C10H10N2O3. The van der Waals surface area contributed by atoms with Gasteiger partial charge in [-0.25, -0.2) is 4.79 Å². The van der Waals surface area contributed by atoms with E-state index in [9.17, 15) is 4.79 Å². The van der Waals surface area contributed by atoms with Crippen LogP contribution in [0.25, 0.3) is 0 Å². The van der Waals surface area contributed by atoms with Crippen molar-refractivity contribution in [3.63, 3.8) is 0 Å². The van der Waals surface area contributed by atoms with Gasteiger partial charge in [0.1, 0.15) is 5.75 Å². The fourth-order valence-electron chi connectivity index (χ4n) is 1.35. The highest BCUT2D eigenvalue weighted by atomic mass is 16.5. The molecule has 0 saturated heterocycles. The number of nitrogens with zero attached hydrogens (tertiary/aromatic N) is 1. The van der Waals surface area contributed by atoms with E-state index in [1.165, 1.54) is 0 Å². The van der Waals surface area contributed by atoms with Crippen LogP contribution in [0, 0.1) is 0 Å². The Balaban J connectivity index is 2.27. The van der Waals surface area contributed by atoms with E-state index in [1.54, 1.807) is 7.11 Å². The van der Waals surface area contributed by atoms with Crippen LogP contribution >= 0.6 is 0 Å². The van der Waals surface area contributed by atoms with Crippen molar-refractivity contribution in [2.24, 2.45) is 0 Å². The molecule has 0 spiro atoms. The highest BCUT2D eigenvalue weighted by molar-refractivity contribution is 5.34. The standard InChI is InChI=1S/C10H10N2O3/c1-14-8-5-3-2-4-7(8)6-9-11-10(13)12-15-9/h2-5H,6H2,1H3,(H,12,13). The van der Waals surface area contributed by atoms with E-state index in [-0.39, 0.29) is 0 Å². The first-order chi connectivity index (χ1) is 7.29. The van der Waals surface area contributed by atoms with Gasteiger partial charge in [0, 0.05) is 5.56 Å². The van der Waals surface area contributed by atoms with Crippen molar-refractivity contribution in [2.75, 3.05) is 7.11 Å². The summed E-state index contributed by atoms with van der Waals surface area (Å²) in [6, 6.07) is 7.51. The third-order valence-electron chi connectivity index (χ3n) is 2.02. The SMILES string of the molecule is COc1ccccc1Cc1nc(=O)[nH]o1. The van der Waals surface area contributed by atoms with Crippen LogP contribution in [0.15, 0.2) is 33.6 Å². The zero-order valence-electron chi connectivity index (χ0n) is 8.19. The van der Waals surface area contributed by atoms with Crippen molar-refractivity contribution in [3.05, 3.63) is 46.2 Å². The van der Waals surface area contributed by atoms with Gasteiger partial charge in [0.05, 0.1) is 13.5 Å². The number of ether oxygens (including phenoxy) is 1. The summed E-state index contributed by atoms with van der Waals surface area (Å²) < 4.78 is 10.0. The summed E-state index contributed by atoms with van der Waals surface area (Å²) in [6.45, 7) is 0. The lowest BCUT2D eigenvalue weighted by atomic mass is 10.1. The van der Waals surface area contributed by atoms with Crippen molar-refractivity contribution >= 4 is 0 Å². The van der Waals surface area contributed by atoms with Crippen LogP contribution in [-0.4, -0.2) is 17.3 Å². The molecule has 5 nitrogen and oxygen atoms in total. The smallest absolute Gasteiger partial charge is 0.377 e. The van der Waals surface area contributed by atoms with E-state index in [0.29, 0.717) is 12.3 Å². The van der Waals surface area contributed by atoms with Gasteiger partial charge in [-0.2, -0.15) is 10.1 Å². The van der Waals surface area contributed by atoms with E-state index >= 15 is 0 Å². The average molecular weight is 206 g/mol. The predicted molar refractivity (Wildman–Crippen MR) is 52.9 cm³/mol. The molecule has 2 aromatic rings. The second-order valence-corrected chi connectivity index (χ2v) is 3.00. The van der Waals surface area contributed by atoms with Crippen LogP contribution < -0.4 is 10.4 Å². The van der Waals surface area contributed by atoms with E-state index in [1.807, 2.05) is 24.3 Å². The second-order valence-electron chi connectivity index (χ2n) is 3.00. The Bertz CT molecular complexity index is 501. The molecule has 0 unspecified atom stereocenters.